The van der Waals surface area contributed by atoms with E-state index in [1.165, 1.54) is 11.6 Å². The summed E-state index contributed by atoms with van der Waals surface area (Å²) in [5.74, 6) is -3.55. The minimum absolute atomic E-state index is 0.148. The number of benzene rings is 2. The summed E-state index contributed by atoms with van der Waals surface area (Å²) in [5.41, 5.74) is 1.81. The largest absolute Gasteiger partial charge is 0.444 e. The van der Waals surface area contributed by atoms with E-state index in [0.717, 1.165) is 19.8 Å². The van der Waals surface area contributed by atoms with E-state index in [1.54, 1.807) is 25.1 Å². The van der Waals surface area contributed by atoms with Crippen LogP contribution in [0.2, 0.25) is 0 Å². The molecule has 2 amide bonds. The lowest BCUT2D eigenvalue weighted by atomic mass is 10.0. The van der Waals surface area contributed by atoms with Gasteiger partial charge in [0.25, 0.3) is 5.91 Å². The number of ether oxygens (including phenoxy) is 1. The Balaban J connectivity index is 1.81. The maximum absolute atomic E-state index is 15.1. The van der Waals surface area contributed by atoms with Gasteiger partial charge in [-0.1, -0.05) is 11.3 Å². The van der Waals surface area contributed by atoms with Gasteiger partial charge in [-0.3, -0.25) is 10.1 Å². The van der Waals surface area contributed by atoms with Gasteiger partial charge in [0.05, 0.1) is 16.9 Å². The number of carbonyl (C=O) groups is 2. The van der Waals surface area contributed by atoms with Gasteiger partial charge in [0.2, 0.25) is 5.13 Å². The molecule has 0 bridgehead atoms. The molecule has 1 aliphatic heterocycles. The average molecular weight is 528 g/mol. The van der Waals surface area contributed by atoms with E-state index in [4.69, 9.17) is 4.74 Å². The number of halogens is 3. The normalized spacial score (nSPS) is 13.1. The van der Waals surface area contributed by atoms with Crippen LogP contribution in [-0.2, 0) is 11.3 Å². The van der Waals surface area contributed by atoms with Crippen LogP contribution in [0, 0.1) is 22.1 Å². The smallest absolute Gasteiger partial charge is 0.419 e. The molecule has 0 saturated heterocycles. The third-order valence-corrected chi connectivity index (χ3v) is 5.52. The van der Waals surface area contributed by atoms with Gasteiger partial charge in [-0.2, -0.15) is 0 Å². The highest BCUT2D eigenvalue weighted by atomic mass is 127. The number of anilines is 3. The summed E-state index contributed by atoms with van der Waals surface area (Å²) in [4.78, 5) is 25.8. The van der Waals surface area contributed by atoms with Crippen LogP contribution in [0.5, 0.6) is 0 Å². The SMILES string of the molecule is Cc1cc(I)ccc1N1C(=O)OCc2cc(C(=O)Nc3nncs3)c(F)c(F)c21. The summed E-state index contributed by atoms with van der Waals surface area (Å²) in [7, 11) is 0. The number of aryl methyl sites for hydroxylation is 1. The quantitative estimate of drug-likeness (QED) is 0.496. The number of fused-ring (bicyclic) bond motifs is 1. The number of hydrogen-bond acceptors (Lipinski definition) is 6. The third kappa shape index (κ3) is 3.55. The zero-order chi connectivity index (χ0) is 20.7. The number of rotatable bonds is 3. The minimum Gasteiger partial charge on any atom is -0.444 e. The highest BCUT2D eigenvalue weighted by Crippen LogP contribution is 2.39. The summed E-state index contributed by atoms with van der Waals surface area (Å²) in [6.07, 6.45) is -0.828. The predicted molar refractivity (Wildman–Crippen MR) is 110 cm³/mol. The monoisotopic (exact) mass is 528 g/mol. The van der Waals surface area contributed by atoms with Crippen molar-refractivity contribution in [3.8, 4) is 0 Å². The summed E-state index contributed by atoms with van der Waals surface area (Å²) in [6.45, 7) is 1.46. The molecule has 0 unspecified atom stereocenters. The molecule has 0 fully saturated rings. The van der Waals surface area contributed by atoms with Gasteiger partial charge in [0.1, 0.15) is 12.1 Å². The van der Waals surface area contributed by atoms with Crippen molar-refractivity contribution in [3.63, 3.8) is 0 Å². The van der Waals surface area contributed by atoms with E-state index in [-0.39, 0.29) is 23.0 Å². The van der Waals surface area contributed by atoms with Crippen molar-refractivity contribution in [2.45, 2.75) is 13.5 Å². The van der Waals surface area contributed by atoms with Crippen LogP contribution < -0.4 is 10.2 Å². The number of aromatic nitrogens is 2. The number of nitrogens with one attached hydrogen (secondary N) is 1. The molecule has 0 atom stereocenters. The highest BCUT2D eigenvalue weighted by molar-refractivity contribution is 14.1. The van der Waals surface area contributed by atoms with Gasteiger partial charge in [-0.05, 0) is 59.3 Å². The van der Waals surface area contributed by atoms with Crippen molar-refractivity contribution in [1.29, 1.82) is 0 Å². The lowest BCUT2D eigenvalue weighted by Gasteiger charge is -2.31. The maximum atomic E-state index is 15.1. The van der Waals surface area contributed by atoms with E-state index in [1.807, 2.05) is 0 Å². The molecular formula is C18H11F2IN4O3S. The first-order valence-electron chi connectivity index (χ1n) is 8.18. The van der Waals surface area contributed by atoms with Gasteiger partial charge < -0.3 is 4.74 Å². The Kier molecular flexibility index (Phi) is 5.17. The maximum Gasteiger partial charge on any atom is 0.419 e. The number of cyclic esters (lactones) is 1. The molecule has 1 aromatic heterocycles. The molecule has 0 radical (unpaired) electrons. The zero-order valence-corrected chi connectivity index (χ0v) is 17.7. The lowest BCUT2D eigenvalue weighted by Crippen LogP contribution is -2.34. The second kappa shape index (κ2) is 7.63. The van der Waals surface area contributed by atoms with Crippen LogP contribution in [0.3, 0.4) is 0 Å². The summed E-state index contributed by atoms with van der Waals surface area (Å²) < 4.78 is 35.9. The predicted octanol–water partition coefficient (Wildman–Crippen LogP) is 4.77. The lowest BCUT2D eigenvalue weighted by molar-refractivity contribution is 0.102. The number of carbonyl (C=O) groups excluding carboxylic acids is 2. The minimum atomic E-state index is -1.37. The van der Waals surface area contributed by atoms with Crippen molar-refractivity contribution >= 4 is 62.4 Å². The Morgan fingerprint density at radius 1 is 1.31 bits per heavy atom. The first-order chi connectivity index (χ1) is 13.9. The van der Waals surface area contributed by atoms with Crippen LogP contribution in [0.15, 0.2) is 29.8 Å². The van der Waals surface area contributed by atoms with Crippen molar-refractivity contribution in [2.75, 3.05) is 10.2 Å². The van der Waals surface area contributed by atoms with E-state index >= 15 is 4.39 Å². The Bertz CT molecular complexity index is 1140. The fraction of sp³-hybridized carbons (Fsp3) is 0.111. The fourth-order valence-electron chi connectivity index (χ4n) is 2.96. The Morgan fingerprint density at radius 2 is 2.10 bits per heavy atom. The molecule has 11 heteroatoms. The molecule has 0 aliphatic carbocycles. The standard InChI is InChI=1S/C18H11F2IN4O3S/c1-8-4-10(21)2-3-12(8)25-15-9(6-28-18(25)27)5-11(13(19)14(15)20)16(26)23-17-24-22-7-29-17/h2-5,7H,6H2,1H3,(H,23,24,26). The highest BCUT2D eigenvalue weighted by Gasteiger charge is 2.35. The van der Waals surface area contributed by atoms with E-state index in [9.17, 15) is 14.0 Å². The fourth-order valence-corrected chi connectivity index (χ4v) is 4.05. The molecule has 4 rings (SSSR count). The van der Waals surface area contributed by atoms with Crippen LogP contribution in [0.1, 0.15) is 21.5 Å². The summed E-state index contributed by atoms with van der Waals surface area (Å²) in [5, 5.41) is 9.71. The van der Waals surface area contributed by atoms with Crippen LogP contribution in [0.25, 0.3) is 0 Å². The number of hydrogen-bond donors (Lipinski definition) is 1. The molecule has 1 aliphatic rings. The summed E-state index contributed by atoms with van der Waals surface area (Å²) in [6, 6.07) is 6.34. The van der Waals surface area contributed by atoms with Crippen molar-refractivity contribution in [2.24, 2.45) is 0 Å². The summed E-state index contributed by atoms with van der Waals surface area (Å²) >= 11 is 3.15. The zero-order valence-electron chi connectivity index (χ0n) is 14.7. The molecule has 0 saturated carbocycles. The number of nitrogens with zero attached hydrogens (tertiary/aromatic N) is 3. The van der Waals surface area contributed by atoms with E-state index in [2.05, 4.69) is 38.1 Å². The molecule has 3 aromatic rings. The van der Waals surface area contributed by atoms with Gasteiger partial charge in [0, 0.05) is 9.13 Å². The molecular weight excluding hydrogens is 517 g/mol. The first-order valence-corrected chi connectivity index (χ1v) is 10.1. The van der Waals surface area contributed by atoms with Gasteiger partial charge >= 0.3 is 6.09 Å². The van der Waals surface area contributed by atoms with Crippen molar-refractivity contribution in [1.82, 2.24) is 10.2 Å². The average Bonchev–Trinajstić information content (AvgIpc) is 3.18. The van der Waals surface area contributed by atoms with Crippen LogP contribution >= 0.6 is 33.9 Å². The first kappa shape index (κ1) is 19.6. The van der Waals surface area contributed by atoms with Crippen molar-refractivity contribution in [3.05, 3.63) is 61.7 Å². The molecule has 29 heavy (non-hydrogen) atoms. The molecule has 148 valence electrons. The van der Waals surface area contributed by atoms with Gasteiger partial charge in [-0.15, -0.1) is 10.2 Å². The van der Waals surface area contributed by atoms with E-state index in [0.29, 0.717) is 11.3 Å². The Labute approximate surface area is 180 Å². The Hall–Kier alpha value is -2.67. The topological polar surface area (TPSA) is 84.4 Å². The second-order valence-corrected chi connectivity index (χ2v) is 8.16. The molecule has 0 spiro atoms. The third-order valence-electron chi connectivity index (χ3n) is 4.24. The molecule has 2 heterocycles. The molecule has 7 nitrogen and oxygen atoms in total. The van der Waals surface area contributed by atoms with Crippen LogP contribution in [-0.4, -0.2) is 22.2 Å². The van der Waals surface area contributed by atoms with Crippen LogP contribution in [0.4, 0.5) is 30.1 Å². The van der Waals surface area contributed by atoms with Gasteiger partial charge in [-0.25, -0.2) is 18.5 Å². The second-order valence-electron chi connectivity index (χ2n) is 6.08. The molecule has 1 N–H and O–H groups in total. The molecule has 2 aromatic carbocycles. The van der Waals surface area contributed by atoms with Crippen molar-refractivity contribution < 1.29 is 23.1 Å². The Morgan fingerprint density at radius 3 is 2.79 bits per heavy atom. The van der Waals surface area contributed by atoms with Gasteiger partial charge in [0.15, 0.2) is 11.6 Å². The number of amides is 2. The van der Waals surface area contributed by atoms with E-state index < -0.39 is 29.2 Å².